The van der Waals surface area contributed by atoms with Crippen LogP contribution in [0.3, 0.4) is 0 Å². The molecule has 0 radical (unpaired) electrons. The number of aryl methyl sites for hydroxylation is 1. The van der Waals surface area contributed by atoms with Crippen LogP contribution >= 0.6 is 0 Å². The van der Waals surface area contributed by atoms with E-state index in [-0.39, 0.29) is 24.3 Å². The van der Waals surface area contributed by atoms with Crippen LogP contribution in [0.4, 0.5) is 9.18 Å². The maximum Gasteiger partial charge on any atom is 0.315 e. The number of nitrogens with one attached hydrogen (secondary N) is 3. The van der Waals surface area contributed by atoms with Gasteiger partial charge < -0.3 is 16.0 Å². The monoisotopic (exact) mass is 307 g/mol. The molecule has 1 aromatic rings. The summed E-state index contributed by atoms with van der Waals surface area (Å²) < 4.78 is 13.5. The predicted octanol–water partition coefficient (Wildman–Crippen LogP) is 2.02. The SMILES string of the molecule is Cc1ccc(C(C)NC(=O)NCC(=O)NCC2CC2)cc1F. The molecule has 1 saturated carbocycles. The number of hydrogen-bond donors (Lipinski definition) is 3. The van der Waals surface area contributed by atoms with Crippen LogP contribution < -0.4 is 16.0 Å². The van der Waals surface area contributed by atoms with E-state index in [1.165, 1.54) is 18.9 Å². The van der Waals surface area contributed by atoms with Crippen LogP contribution in [-0.4, -0.2) is 25.0 Å². The molecule has 0 spiro atoms. The number of carbonyl (C=O) groups is 2. The highest BCUT2D eigenvalue weighted by Gasteiger charge is 2.21. The fourth-order valence-electron chi connectivity index (χ4n) is 2.01. The van der Waals surface area contributed by atoms with Crippen molar-refractivity contribution in [2.24, 2.45) is 5.92 Å². The Hall–Kier alpha value is -2.11. The van der Waals surface area contributed by atoms with Gasteiger partial charge in [0.05, 0.1) is 12.6 Å². The molecule has 1 atom stereocenters. The van der Waals surface area contributed by atoms with Gasteiger partial charge >= 0.3 is 6.03 Å². The largest absolute Gasteiger partial charge is 0.354 e. The molecule has 6 heteroatoms. The number of rotatable bonds is 6. The van der Waals surface area contributed by atoms with Crippen molar-refractivity contribution in [3.63, 3.8) is 0 Å². The summed E-state index contributed by atoms with van der Waals surface area (Å²) in [5.74, 6) is 0.108. The molecule has 22 heavy (non-hydrogen) atoms. The quantitative estimate of drug-likeness (QED) is 0.752. The van der Waals surface area contributed by atoms with Crippen LogP contribution in [0.15, 0.2) is 18.2 Å². The molecule has 1 fully saturated rings. The van der Waals surface area contributed by atoms with E-state index in [1.807, 2.05) is 0 Å². The van der Waals surface area contributed by atoms with E-state index in [4.69, 9.17) is 0 Å². The van der Waals surface area contributed by atoms with Crippen molar-refractivity contribution < 1.29 is 14.0 Å². The zero-order valence-electron chi connectivity index (χ0n) is 12.9. The predicted molar refractivity (Wildman–Crippen MR) is 81.8 cm³/mol. The Labute approximate surface area is 129 Å². The molecule has 3 amide bonds. The Balaban J connectivity index is 1.72. The maximum absolute atomic E-state index is 13.5. The summed E-state index contributed by atoms with van der Waals surface area (Å²) in [6.45, 7) is 4.07. The van der Waals surface area contributed by atoms with Gasteiger partial charge in [-0.05, 0) is 49.8 Å². The number of halogens is 1. The van der Waals surface area contributed by atoms with Crippen LogP contribution in [-0.2, 0) is 4.79 Å². The minimum atomic E-state index is -0.449. The zero-order valence-corrected chi connectivity index (χ0v) is 12.9. The molecule has 1 aromatic carbocycles. The normalized spacial score (nSPS) is 15.0. The standard InChI is InChI=1S/C16H22FN3O2/c1-10-3-6-13(7-14(10)17)11(2)20-16(22)19-9-15(21)18-8-12-4-5-12/h3,6-7,11-12H,4-5,8-9H2,1-2H3,(H,18,21)(H2,19,20,22). The lowest BCUT2D eigenvalue weighted by Gasteiger charge is -2.15. The van der Waals surface area contributed by atoms with Crippen molar-refractivity contribution >= 4 is 11.9 Å². The summed E-state index contributed by atoms with van der Waals surface area (Å²) in [7, 11) is 0. The zero-order chi connectivity index (χ0) is 16.1. The summed E-state index contributed by atoms with van der Waals surface area (Å²) in [4.78, 5) is 23.3. The first kappa shape index (κ1) is 16.3. The van der Waals surface area contributed by atoms with E-state index in [2.05, 4.69) is 16.0 Å². The van der Waals surface area contributed by atoms with E-state index >= 15 is 0 Å². The third-order valence-corrected chi connectivity index (χ3v) is 3.74. The molecule has 1 aliphatic rings. The van der Waals surface area contributed by atoms with Crippen molar-refractivity contribution in [1.82, 2.24) is 16.0 Å². The molecule has 0 bridgehead atoms. The molecule has 0 aliphatic heterocycles. The van der Waals surface area contributed by atoms with Gasteiger partial charge in [-0.2, -0.15) is 0 Å². The second-order valence-electron chi connectivity index (χ2n) is 5.80. The van der Waals surface area contributed by atoms with Crippen molar-refractivity contribution in [2.45, 2.75) is 32.7 Å². The van der Waals surface area contributed by atoms with E-state index in [0.717, 1.165) is 0 Å². The molecule has 0 saturated heterocycles. The summed E-state index contributed by atoms with van der Waals surface area (Å²) in [5, 5.41) is 7.94. The van der Waals surface area contributed by atoms with E-state index in [9.17, 15) is 14.0 Å². The van der Waals surface area contributed by atoms with Crippen LogP contribution in [0.1, 0.15) is 36.9 Å². The fraction of sp³-hybridized carbons (Fsp3) is 0.500. The second-order valence-corrected chi connectivity index (χ2v) is 5.80. The van der Waals surface area contributed by atoms with Gasteiger partial charge in [-0.3, -0.25) is 4.79 Å². The Morgan fingerprint density at radius 2 is 2.05 bits per heavy atom. The molecule has 2 rings (SSSR count). The number of carbonyl (C=O) groups excluding carboxylic acids is 2. The van der Waals surface area contributed by atoms with Crippen LogP contribution in [0, 0.1) is 18.7 Å². The average molecular weight is 307 g/mol. The summed E-state index contributed by atoms with van der Waals surface area (Å²) in [6.07, 6.45) is 2.33. The van der Waals surface area contributed by atoms with Crippen molar-refractivity contribution in [3.8, 4) is 0 Å². The van der Waals surface area contributed by atoms with Gasteiger partial charge in [-0.15, -0.1) is 0 Å². The van der Waals surface area contributed by atoms with Crippen LogP contribution in [0.2, 0.25) is 0 Å². The highest BCUT2D eigenvalue weighted by Crippen LogP contribution is 2.27. The lowest BCUT2D eigenvalue weighted by molar-refractivity contribution is -0.120. The Morgan fingerprint density at radius 1 is 1.32 bits per heavy atom. The van der Waals surface area contributed by atoms with E-state index < -0.39 is 6.03 Å². The van der Waals surface area contributed by atoms with Gasteiger partial charge in [0, 0.05) is 6.54 Å². The number of hydrogen-bond acceptors (Lipinski definition) is 2. The minimum absolute atomic E-state index is 0.0620. The average Bonchev–Trinajstić information content (AvgIpc) is 3.30. The highest BCUT2D eigenvalue weighted by molar-refractivity contribution is 5.84. The third-order valence-electron chi connectivity index (χ3n) is 3.74. The Bertz CT molecular complexity index is 558. The van der Waals surface area contributed by atoms with Crippen molar-refractivity contribution in [2.75, 3.05) is 13.1 Å². The molecule has 3 N–H and O–H groups in total. The third kappa shape index (κ3) is 5.02. The molecule has 1 aliphatic carbocycles. The summed E-state index contributed by atoms with van der Waals surface area (Å²) >= 11 is 0. The Kier molecular flexibility index (Phi) is 5.35. The van der Waals surface area contributed by atoms with Crippen molar-refractivity contribution in [3.05, 3.63) is 35.1 Å². The summed E-state index contributed by atoms with van der Waals surface area (Å²) in [6, 6.07) is 4.06. The molecule has 120 valence electrons. The summed E-state index contributed by atoms with van der Waals surface area (Å²) in [5.41, 5.74) is 1.24. The number of amides is 3. The second kappa shape index (κ2) is 7.24. The minimum Gasteiger partial charge on any atom is -0.354 e. The number of urea groups is 1. The molecular formula is C16H22FN3O2. The van der Waals surface area contributed by atoms with Gasteiger partial charge in [0.15, 0.2) is 0 Å². The number of benzene rings is 1. The smallest absolute Gasteiger partial charge is 0.315 e. The Morgan fingerprint density at radius 3 is 2.68 bits per heavy atom. The first-order valence-corrected chi connectivity index (χ1v) is 7.53. The maximum atomic E-state index is 13.5. The van der Waals surface area contributed by atoms with E-state index in [1.54, 1.807) is 26.0 Å². The van der Waals surface area contributed by atoms with Crippen molar-refractivity contribution in [1.29, 1.82) is 0 Å². The highest BCUT2D eigenvalue weighted by atomic mass is 19.1. The van der Waals surface area contributed by atoms with Gasteiger partial charge in [0.25, 0.3) is 0 Å². The first-order chi connectivity index (χ1) is 10.5. The van der Waals surface area contributed by atoms with Crippen LogP contribution in [0.5, 0.6) is 0 Å². The molecule has 0 heterocycles. The first-order valence-electron chi connectivity index (χ1n) is 7.53. The lowest BCUT2D eigenvalue weighted by Crippen LogP contribution is -2.43. The topological polar surface area (TPSA) is 70.2 Å². The van der Waals surface area contributed by atoms with Gasteiger partial charge in [-0.1, -0.05) is 12.1 Å². The van der Waals surface area contributed by atoms with Gasteiger partial charge in [-0.25, -0.2) is 9.18 Å². The van der Waals surface area contributed by atoms with Gasteiger partial charge in [0.1, 0.15) is 5.82 Å². The molecule has 1 unspecified atom stereocenters. The molecule has 5 nitrogen and oxygen atoms in total. The molecule has 0 aromatic heterocycles. The lowest BCUT2D eigenvalue weighted by atomic mass is 10.1. The fourth-order valence-corrected chi connectivity index (χ4v) is 2.01. The van der Waals surface area contributed by atoms with E-state index in [0.29, 0.717) is 23.6 Å². The van der Waals surface area contributed by atoms with Gasteiger partial charge in [0.2, 0.25) is 5.91 Å². The molecular weight excluding hydrogens is 285 g/mol. The van der Waals surface area contributed by atoms with Crippen LogP contribution in [0.25, 0.3) is 0 Å².